The zero-order valence-corrected chi connectivity index (χ0v) is 31.3. The predicted molar refractivity (Wildman–Crippen MR) is 211 cm³/mol. The number of benzene rings is 4. The zero-order valence-electron chi connectivity index (χ0n) is 24.9. The van der Waals surface area contributed by atoms with Gasteiger partial charge in [0.05, 0.1) is 20.4 Å². The van der Waals surface area contributed by atoms with Crippen LogP contribution < -0.4 is 5.46 Å². The summed E-state index contributed by atoms with van der Waals surface area (Å²) in [6.07, 6.45) is 6.65. The summed E-state index contributed by atoms with van der Waals surface area (Å²) in [7, 11) is -1.40. The van der Waals surface area contributed by atoms with Crippen molar-refractivity contribution >= 4 is 103 Å². The number of halogens is 3. The molecule has 12 heteroatoms. The van der Waals surface area contributed by atoms with Crippen LogP contribution in [0.25, 0.3) is 52.7 Å². The first kappa shape index (κ1) is 34.3. The van der Waals surface area contributed by atoms with Gasteiger partial charge in [0.2, 0.25) is 0 Å². The number of aromatic nitrogens is 4. The Labute approximate surface area is 310 Å². The summed E-state index contributed by atoms with van der Waals surface area (Å²) in [5, 5.41) is 19.2. The average molecular weight is 859 g/mol. The van der Waals surface area contributed by atoms with Crippen molar-refractivity contribution in [3.8, 4) is 32.3 Å². The molecule has 0 saturated heterocycles. The van der Waals surface area contributed by atoms with E-state index in [0.717, 1.165) is 56.7 Å². The third kappa shape index (κ3) is 8.89. The van der Waals surface area contributed by atoms with E-state index in [-0.39, 0.29) is 0 Å². The molecule has 236 valence electrons. The summed E-state index contributed by atoms with van der Waals surface area (Å²) in [4.78, 5) is 17.3. The van der Waals surface area contributed by atoms with E-state index < -0.39 is 7.12 Å². The maximum absolute atomic E-state index is 8.54. The van der Waals surface area contributed by atoms with Gasteiger partial charge < -0.3 is 10.0 Å². The van der Waals surface area contributed by atoms with E-state index in [0.29, 0.717) is 5.46 Å². The van der Waals surface area contributed by atoms with Crippen LogP contribution >= 0.6 is 70.5 Å². The minimum Gasteiger partial charge on any atom is -0.423 e. The van der Waals surface area contributed by atoms with Gasteiger partial charge in [0.1, 0.15) is 10.0 Å². The fourth-order valence-corrected chi connectivity index (χ4v) is 8.30. The molecule has 4 aromatic carbocycles. The van der Waals surface area contributed by atoms with Gasteiger partial charge in [-0.3, -0.25) is 9.97 Å². The summed E-state index contributed by atoms with van der Waals surface area (Å²) < 4.78 is 5.59. The summed E-state index contributed by atoms with van der Waals surface area (Å²) in [6.45, 7) is 0. The molecule has 2 N–H and O–H groups in total. The molecule has 8 aromatic rings. The maximum atomic E-state index is 8.54. The van der Waals surface area contributed by atoms with Crippen LogP contribution in [-0.4, -0.2) is 37.1 Å². The highest BCUT2D eigenvalue weighted by Crippen LogP contribution is 2.35. The third-order valence-corrected chi connectivity index (χ3v) is 10.4. The van der Waals surface area contributed by atoms with E-state index in [1.165, 1.54) is 15.6 Å². The Kier molecular flexibility index (Phi) is 11.6. The second kappa shape index (κ2) is 16.2. The normalized spacial score (nSPS) is 10.6. The smallest absolute Gasteiger partial charge is 0.423 e. The minimum absolute atomic E-state index is 0.414. The summed E-state index contributed by atoms with van der Waals surface area (Å²) >= 11 is 14.0. The van der Waals surface area contributed by atoms with Crippen LogP contribution in [0.2, 0.25) is 0 Å². The Bertz CT molecular complexity index is 2200. The van der Waals surface area contributed by atoms with E-state index in [2.05, 4.69) is 117 Å². The maximum Gasteiger partial charge on any atom is 0.490 e. The van der Waals surface area contributed by atoms with Crippen molar-refractivity contribution in [2.24, 2.45) is 0 Å². The molecule has 4 aromatic heterocycles. The van der Waals surface area contributed by atoms with Gasteiger partial charge in [0.25, 0.3) is 0 Å². The lowest BCUT2D eigenvalue weighted by atomic mass is 9.82. The number of fused-ring (bicyclic) bond motifs is 2. The number of rotatable bonds is 4. The summed E-state index contributed by atoms with van der Waals surface area (Å²) in [6, 6.07) is 36.3. The monoisotopic (exact) mass is 856 g/mol. The van der Waals surface area contributed by atoms with Crippen molar-refractivity contribution in [2.45, 2.75) is 0 Å². The van der Waals surface area contributed by atoms with Gasteiger partial charge in [0.15, 0.2) is 0 Å². The Morgan fingerprint density at radius 3 is 1.48 bits per heavy atom. The number of hydrogen-bond donors (Lipinski definition) is 2. The summed E-state index contributed by atoms with van der Waals surface area (Å²) in [5.74, 6) is 0. The summed E-state index contributed by atoms with van der Waals surface area (Å²) in [5.41, 5.74) is 7.01. The molecule has 0 bridgehead atoms. The molecule has 0 fully saturated rings. The van der Waals surface area contributed by atoms with Gasteiger partial charge >= 0.3 is 7.12 Å². The van der Waals surface area contributed by atoms with E-state index in [1.807, 2.05) is 48.7 Å². The van der Waals surface area contributed by atoms with Crippen LogP contribution in [0, 0.1) is 0 Å². The molecule has 4 heterocycles. The van der Waals surface area contributed by atoms with Gasteiger partial charge in [0, 0.05) is 60.4 Å². The molecule has 0 saturated carbocycles. The largest absolute Gasteiger partial charge is 0.490 e. The molecule has 0 spiro atoms. The molecular formula is C36H24BBr3N4O2S2. The Morgan fingerprint density at radius 1 is 0.500 bits per heavy atom. The number of pyridine rings is 2. The standard InChI is InChI=1S/C18H11BrN2S.C13H7Br2NS.C5H6BNO2/c19-15-9-13(12-4-3-7-20-11-12)8-14(10-15)18-21-16-5-1-2-6-17(16)22-18;14-9-5-8(6-10(15)7-9)13-16-11-3-1-2-4-12(11)17-13;8-6(9)5-2-1-3-7-4-5/h1-11H;1-7H;1-4,8-9H. The lowest BCUT2D eigenvalue weighted by Gasteiger charge is -2.05. The highest BCUT2D eigenvalue weighted by Gasteiger charge is 2.10. The van der Waals surface area contributed by atoms with E-state index in [1.54, 1.807) is 47.2 Å². The van der Waals surface area contributed by atoms with E-state index in [9.17, 15) is 0 Å². The van der Waals surface area contributed by atoms with Crippen molar-refractivity contribution in [2.75, 3.05) is 0 Å². The third-order valence-electron chi connectivity index (χ3n) is 6.82. The van der Waals surface area contributed by atoms with Crippen LogP contribution in [0.5, 0.6) is 0 Å². The fourth-order valence-electron chi connectivity index (χ4n) is 4.61. The van der Waals surface area contributed by atoms with Crippen LogP contribution in [0.3, 0.4) is 0 Å². The number of thiazole rings is 2. The molecule has 0 aliphatic rings. The first-order valence-corrected chi connectivity index (χ1v) is 18.5. The molecule has 8 rings (SSSR count). The van der Waals surface area contributed by atoms with E-state index >= 15 is 0 Å². The van der Waals surface area contributed by atoms with Gasteiger partial charge in [-0.15, -0.1) is 22.7 Å². The quantitative estimate of drug-likeness (QED) is 0.171. The van der Waals surface area contributed by atoms with Gasteiger partial charge in [-0.25, -0.2) is 9.97 Å². The van der Waals surface area contributed by atoms with Crippen LogP contribution in [0.15, 0.2) is 147 Å². The second-order valence-electron chi connectivity index (χ2n) is 10.3. The number of para-hydroxylation sites is 2. The number of nitrogens with zero attached hydrogens (tertiary/aromatic N) is 4. The number of hydrogen-bond acceptors (Lipinski definition) is 8. The topological polar surface area (TPSA) is 92.0 Å². The predicted octanol–water partition coefficient (Wildman–Crippen LogP) is 10.0. The zero-order chi connectivity index (χ0) is 33.5. The Balaban J connectivity index is 0.000000137. The fraction of sp³-hybridized carbons (Fsp3) is 0. The highest BCUT2D eigenvalue weighted by molar-refractivity contribution is 9.11. The van der Waals surface area contributed by atoms with Gasteiger partial charge in [-0.1, -0.05) is 84.2 Å². The molecular weight excluding hydrogens is 835 g/mol. The molecule has 48 heavy (non-hydrogen) atoms. The average Bonchev–Trinajstić information content (AvgIpc) is 3.74. The molecule has 0 aliphatic heterocycles. The van der Waals surface area contributed by atoms with Crippen LogP contribution in [-0.2, 0) is 0 Å². The Hall–Kier alpha value is -3.62. The highest BCUT2D eigenvalue weighted by atomic mass is 79.9. The van der Waals surface area contributed by atoms with Crippen LogP contribution in [0.4, 0.5) is 0 Å². The van der Waals surface area contributed by atoms with E-state index in [4.69, 9.17) is 15.0 Å². The first-order chi connectivity index (χ1) is 23.3. The lowest BCUT2D eigenvalue weighted by molar-refractivity contribution is 0.425. The SMILES string of the molecule is Brc1cc(-c2cccnc2)cc(-c2nc3ccccc3s2)c1.Brc1cc(Br)cc(-c2nc3ccccc3s2)c1.OB(O)c1cccnc1. The minimum atomic E-state index is -1.40. The van der Waals surface area contributed by atoms with Gasteiger partial charge in [-0.2, -0.15) is 0 Å². The molecule has 6 nitrogen and oxygen atoms in total. The van der Waals surface area contributed by atoms with Crippen molar-refractivity contribution in [1.82, 2.24) is 19.9 Å². The van der Waals surface area contributed by atoms with Crippen molar-refractivity contribution in [1.29, 1.82) is 0 Å². The second-order valence-corrected chi connectivity index (χ2v) is 15.1. The molecule has 0 atom stereocenters. The molecule has 0 aliphatic carbocycles. The van der Waals surface area contributed by atoms with Crippen molar-refractivity contribution in [3.05, 3.63) is 147 Å². The first-order valence-electron chi connectivity index (χ1n) is 14.5. The molecule has 0 unspecified atom stereocenters. The molecule has 0 amide bonds. The van der Waals surface area contributed by atoms with Crippen molar-refractivity contribution in [3.63, 3.8) is 0 Å². The van der Waals surface area contributed by atoms with Crippen molar-refractivity contribution < 1.29 is 10.0 Å². The Morgan fingerprint density at radius 2 is 1.00 bits per heavy atom. The lowest BCUT2D eigenvalue weighted by Crippen LogP contribution is -2.29. The van der Waals surface area contributed by atoms with Gasteiger partial charge in [-0.05, 0) is 78.4 Å². The molecule has 0 radical (unpaired) electrons. The van der Waals surface area contributed by atoms with Crippen LogP contribution in [0.1, 0.15) is 0 Å².